The van der Waals surface area contributed by atoms with Gasteiger partial charge in [0.1, 0.15) is 0 Å². The van der Waals surface area contributed by atoms with Gasteiger partial charge in [-0.3, -0.25) is 0 Å². The first-order valence-electron chi connectivity index (χ1n) is 14.0. The molecule has 6 aromatic rings. The first-order valence-corrected chi connectivity index (χ1v) is 18.2. The maximum atomic E-state index is 3.06. The van der Waals surface area contributed by atoms with Crippen molar-refractivity contribution < 1.29 is 23.3 Å². The van der Waals surface area contributed by atoms with Crippen molar-refractivity contribution in [3.63, 3.8) is 0 Å². The zero-order valence-electron chi connectivity index (χ0n) is 27.4. The molecule has 6 rings (SSSR count). The Morgan fingerprint density at radius 3 is 1.59 bits per heavy atom. The molecular formula is C40H46Cl2SiZr-4. The van der Waals surface area contributed by atoms with E-state index >= 15 is 0 Å². The average molecular weight is 717 g/mol. The summed E-state index contributed by atoms with van der Waals surface area (Å²) in [6, 6.07) is 41.9. The van der Waals surface area contributed by atoms with E-state index in [2.05, 4.69) is 164 Å². The van der Waals surface area contributed by atoms with Gasteiger partial charge in [0.05, 0.1) is 0 Å². The van der Waals surface area contributed by atoms with Crippen molar-refractivity contribution in [3.05, 3.63) is 147 Å². The van der Waals surface area contributed by atoms with Crippen LogP contribution in [0.1, 0.15) is 57.2 Å². The Morgan fingerprint density at radius 1 is 0.614 bits per heavy atom. The first-order chi connectivity index (χ1) is 19.2. The minimum atomic E-state index is 0. The van der Waals surface area contributed by atoms with Crippen LogP contribution in [0.15, 0.2) is 115 Å². The molecule has 0 saturated carbocycles. The van der Waals surface area contributed by atoms with Crippen molar-refractivity contribution in [1.29, 1.82) is 0 Å². The van der Waals surface area contributed by atoms with E-state index in [0.717, 1.165) is 0 Å². The third kappa shape index (κ3) is 9.89. The van der Waals surface area contributed by atoms with Crippen molar-refractivity contribution >= 4 is 53.2 Å². The standard InChI is InChI=1S/C22H25.C16H13.2CH3.2ClH.Si.Zr/c1-15(2)18-13-17-7-6-8-20(21(17)14-18)16-9-11-19(12-10-16)22(3,4)5;1-12-10-14-8-5-9-15(16(14)11-12)13-6-3-2-4-7-13;;;;;;/h6-15H,1-5H3;2-11H,1H3;2*1H3;2*1H;;/q4*-1;;;;. The van der Waals surface area contributed by atoms with Gasteiger partial charge in [-0.1, -0.05) is 119 Å². The molecule has 232 valence electrons. The predicted octanol–water partition coefficient (Wildman–Crippen LogP) is 12.5. The maximum absolute atomic E-state index is 3.06. The Balaban J connectivity index is 0.000000756. The van der Waals surface area contributed by atoms with Gasteiger partial charge in [0.15, 0.2) is 0 Å². The predicted molar refractivity (Wildman–Crippen MR) is 201 cm³/mol. The normalized spacial score (nSPS) is 10.1. The van der Waals surface area contributed by atoms with Crippen molar-refractivity contribution in [2.75, 3.05) is 0 Å². The minimum absolute atomic E-state index is 0. The van der Waals surface area contributed by atoms with Crippen LogP contribution in [0.5, 0.6) is 0 Å². The summed E-state index contributed by atoms with van der Waals surface area (Å²) < 4.78 is 0. The second kappa shape index (κ2) is 18.7. The number of rotatable bonds is 3. The topological polar surface area (TPSA) is 0 Å². The molecule has 0 N–H and O–H groups in total. The molecule has 0 bridgehead atoms. The van der Waals surface area contributed by atoms with Crippen LogP contribution in [-0.2, 0) is 28.8 Å². The molecule has 0 saturated heterocycles. The van der Waals surface area contributed by atoms with Gasteiger partial charge in [-0.05, 0) is 28.0 Å². The van der Waals surface area contributed by atoms with E-state index in [1.165, 1.54) is 83.8 Å². The summed E-state index contributed by atoms with van der Waals surface area (Å²) in [7, 11) is 0. The molecule has 0 atom stereocenters. The van der Waals surface area contributed by atoms with Crippen LogP contribution in [0.3, 0.4) is 0 Å². The average Bonchev–Trinajstić information content (AvgIpc) is 3.57. The summed E-state index contributed by atoms with van der Waals surface area (Å²) in [5.74, 6) is 0.573. The summed E-state index contributed by atoms with van der Waals surface area (Å²) in [4.78, 5) is 0. The van der Waals surface area contributed by atoms with E-state index in [-0.39, 0.29) is 45.1 Å². The molecule has 0 aliphatic rings. The Kier molecular flexibility index (Phi) is 17.7. The van der Waals surface area contributed by atoms with E-state index in [1.54, 1.807) is 0 Å². The summed E-state index contributed by atoms with van der Waals surface area (Å²) in [6.45, 7) is 16.5. The van der Waals surface area contributed by atoms with Crippen LogP contribution in [0.4, 0.5) is 0 Å². The molecule has 0 fully saturated rings. The third-order valence-corrected chi connectivity index (χ3v) is 7.48. The number of hydrogen-bond acceptors (Lipinski definition) is 0. The fraction of sp³-hybridized carbons (Fsp3) is 0.200. The van der Waals surface area contributed by atoms with E-state index in [0.29, 0.717) is 5.92 Å². The molecule has 0 nitrogen and oxygen atoms in total. The quantitative estimate of drug-likeness (QED) is 0.126. The monoisotopic (exact) mass is 714 g/mol. The van der Waals surface area contributed by atoms with Gasteiger partial charge >= 0.3 is 30.2 Å². The number of hydrogen-bond donors (Lipinski definition) is 0. The van der Waals surface area contributed by atoms with E-state index in [9.17, 15) is 0 Å². The Labute approximate surface area is 296 Å². The molecule has 0 aliphatic carbocycles. The van der Waals surface area contributed by atoms with E-state index < -0.39 is 0 Å². The Bertz CT molecular complexity index is 1690. The van der Waals surface area contributed by atoms with Crippen LogP contribution < -0.4 is 0 Å². The fourth-order valence-electron chi connectivity index (χ4n) is 5.25. The molecule has 0 unspecified atom stereocenters. The van der Waals surface area contributed by atoms with Crippen molar-refractivity contribution in [2.45, 2.75) is 52.9 Å². The van der Waals surface area contributed by atoms with Crippen LogP contribution in [-0.4, -0.2) is 6.88 Å². The zero-order chi connectivity index (χ0) is 28.9. The fourth-order valence-corrected chi connectivity index (χ4v) is 5.25. The van der Waals surface area contributed by atoms with E-state index in [1.807, 2.05) is 0 Å². The molecule has 44 heavy (non-hydrogen) atoms. The summed E-state index contributed by atoms with van der Waals surface area (Å²) in [5, 5.41) is 5.40. The Hall–Kier alpha value is -2.22. The second-order valence-electron chi connectivity index (χ2n) is 11.8. The van der Waals surface area contributed by atoms with Gasteiger partial charge in [0, 0.05) is 0 Å². The summed E-state index contributed by atoms with van der Waals surface area (Å²) >= 11 is 1.36. The first kappa shape index (κ1) is 41.8. The van der Waals surface area contributed by atoms with Crippen LogP contribution in [0.2, 0.25) is 0 Å². The van der Waals surface area contributed by atoms with Crippen LogP contribution >= 0.6 is 24.8 Å². The molecule has 0 spiro atoms. The number of fused-ring (bicyclic) bond motifs is 2. The van der Waals surface area contributed by atoms with Crippen LogP contribution in [0.25, 0.3) is 43.8 Å². The van der Waals surface area contributed by atoms with E-state index in [4.69, 9.17) is 0 Å². The van der Waals surface area contributed by atoms with Crippen molar-refractivity contribution in [3.8, 4) is 22.3 Å². The Morgan fingerprint density at radius 2 is 1.09 bits per heavy atom. The van der Waals surface area contributed by atoms with Gasteiger partial charge in [-0.2, -0.15) is 12.1 Å². The molecule has 0 heterocycles. The van der Waals surface area contributed by atoms with Gasteiger partial charge in [0.25, 0.3) is 0 Å². The van der Waals surface area contributed by atoms with Gasteiger partial charge in [0.2, 0.25) is 0 Å². The number of benzene rings is 4. The number of halogens is 2. The van der Waals surface area contributed by atoms with Gasteiger partial charge in [-0.25, -0.2) is 0 Å². The second-order valence-corrected chi connectivity index (χ2v) is 11.8. The molecule has 6 aromatic carbocycles. The SMILES string of the molecule is CC(C)c1cc2c(-c3ccc(C(C)(C)C)cc3)cccc2[cH-]1.Cc1cc2c(-c3ccccc3)cccc2[cH-]1.Cl.Cl.[CH3-].[CH3-].[Si]=[Zr]. The molecule has 0 aliphatic heterocycles. The van der Waals surface area contributed by atoms with Crippen LogP contribution in [0, 0.1) is 21.8 Å². The summed E-state index contributed by atoms with van der Waals surface area (Å²) in [6.07, 6.45) is 0. The zero-order valence-corrected chi connectivity index (χ0v) is 32.5. The number of aryl methyl sites for hydroxylation is 1. The molecule has 0 amide bonds. The molecule has 4 heteroatoms. The molecular weight excluding hydrogens is 671 g/mol. The van der Waals surface area contributed by atoms with Crippen molar-refractivity contribution in [2.24, 2.45) is 0 Å². The summed E-state index contributed by atoms with van der Waals surface area (Å²) in [5.41, 5.74) is 9.60. The van der Waals surface area contributed by atoms with Gasteiger partial charge < -0.3 is 14.9 Å². The molecule has 2 radical (unpaired) electrons. The van der Waals surface area contributed by atoms with Crippen molar-refractivity contribution in [1.82, 2.24) is 0 Å². The third-order valence-electron chi connectivity index (χ3n) is 7.48. The molecule has 0 aromatic heterocycles. The van der Waals surface area contributed by atoms with Gasteiger partial charge in [-0.15, -0.1) is 93.9 Å².